The van der Waals surface area contributed by atoms with E-state index in [-0.39, 0.29) is 35.3 Å². The van der Waals surface area contributed by atoms with Gasteiger partial charge < -0.3 is 15.5 Å². The molecule has 0 bridgehead atoms. The second kappa shape index (κ2) is 6.23. The molecule has 3 rings (SSSR count). The molecule has 0 saturated heterocycles. The Morgan fingerprint density at radius 2 is 2.12 bits per heavy atom. The Labute approximate surface area is 141 Å². The second-order valence-electron chi connectivity index (χ2n) is 5.77. The lowest BCUT2D eigenvalue weighted by molar-refractivity contribution is -0.118. The fourth-order valence-electron chi connectivity index (χ4n) is 2.18. The molecule has 3 N–H and O–H groups in total. The van der Waals surface area contributed by atoms with Crippen LogP contribution in [-0.4, -0.2) is 31.4 Å². The Bertz CT molecular complexity index is 1010. The van der Waals surface area contributed by atoms with Gasteiger partial charge in [-0.15, -0.1) is 5.10 Å². The van der Waals surface area contributed by atoms with Gasteiger partial charge in [0.05, 0.1) is 6.20 Å². The van der Waals surface area contributed by atoms with E-state index in [9.17, 15) is 14.4 Å². The van der Waals surface area contributed by atoms with Crippen molar-refractivity contribution in [3.63, 3.8) is 0 Å². The normalized spacial score (nSPS) is 11.2. The van der Waals surface area contributed by atoms with Gasteiger partial charge in [0, 0.05) is 11.6 Å². The molecule has 2 aromatic heterocycles. The van der Waals surface area contributed by atoms with Crippen LogP contribution in [-0.2, 0) is 11.3 Å². The van der Waals surface area contributed by atoms with Crippen LogP contribution in [0.25, 0.3) is 11.1 Å². The number of carbonyl (C=O) groups is 2. The van der Waals surface area contributed by atoms with Crippen LogP contribution in [0.5, 0.6) is 0 Å². The Kier molecular flexibility index (Phi) is 4.09. The zero-order chi connectivity index (χ0) is 18.1. The van der Waals surface area contributed by atoms with Gasteiger partial charge in [0.25, 0.3) is 5.91 Å². The quantitative estimate of drug-likeness (QED) is 0.664. The third-order valence-corrected chi connectivity index (χ3v) is 3.46. The third-order valence-electron chi connectivity index (χ3n) is 3.46. The summed E-state index contributed by atoms with van der Waals surface area (Å²) in [7, 11) is 0. The van der Waals surface area contributed by atoms with Crippen LogP contribution in [0.1, 0.15) is 18.6 Å². The summed E-state index contributed by atoms with van der Waals surface area (Å²) in [5.41, 5.74) is 6.63. The third kappa shape index (κ3) is 3.27. The van der Waals surface area contributed by atoms with Crippen LogP contribution >= 0.6 is 0 Å². The summed E-state index contributed by atoms with van der Waals surface area (Å²) in [6, 6.07) is 4.57. The Morgan fingerprint density at radius 3 is 2.84 bits per heavy atom. The summed E-state index contributed by atoms with van der Waals surface area (Å²) >= 11 is 0. The van der Waals surface area contributed by atoms with E-state index in [1.165, 1.54) is 23.0 Å². The van der Waals surface area contributed by atoms with Crippen molar-refractivity contribution < 1.29 is 14.0 Å². The highest BCUT2D eigenvalue weighted by Crippen LogP contribution is 2.16. The SMILES string of the molecule is CC(C)C(=O)Nc1cn(CC(=O)n2c(=O)oc3ccc(N)cc32)nn1. The molecule has 1 amide bonds. The molecular formula is C15H16N6O4. The lowest BCUT2D eigenvalue weighted by Crippen LogP contribution is -2.26. The van der Waals surface area contributed by atoms with Gasteiger partial charge >= 0.3 is 5.76 Å². The molecule has 0 saturated carbocycles. The van der Waals surface area contributed by atoms with E-state index in [1.807, 2.05) is 0 Å². The highest BCUT2D eigenvalue weighted by atomic mass is 16.4. The lowest BCUT2D eigenvalue weighted by atomic mass is 10.2. The number of aromatic nitrogens is 4. The van der Waals surface area contributed by atoms with E-state index in [1.54, 1.807) is 19.9 Å². The molecule has 0 unspecified atom stereocenters. The number of carbonyl (C=O) groups excluding carboxylic acids is 2. The smallest absolute Gasteiger partial charge is 0.407 e. The molecule has 1 aromatic carbocycles. The minimum Gasteiger partial charge on any atom is -0.407 e. The maximum absolute atomic E-state index is 12.4. The van der Waals surface area contributed by atoms with E-state index >= 15 is 0 Å². The number of oxazole rings is 1. The van der Waals surface area contributed by atoms with Crippen LogP contribution in [0.2, 0.25) is 0 Å². The van der Waals surface area contributed by atoms with E-state index in [2.05, 4.69) is 15.6 Å². The maximum Gasteiger partial charge on any atom is 0.426 e. The van der Waals surface area contributed by atoms with Gasteiger partial charge in [0.1, 0.15) is 12.1 Å². The molecule has 0 aliphatic heterocycles. The molecule has 10 heteroatoms. The van der Waals surface area contributed by atoms with Crippen molar-refractivity contribution in [1.82, 2.24) is 19.6 Å². The number of nitrogens with one attached hydrogen (secondary N) is 1. The van der Waals surface area contributed by atoms with Crippen LogP contribution in [0, 0.1) is 5.92 Å². The van der Waals surface area contributed by atoms with Crippen LogP contribution in [0.15, 0.2) is 33.6 Å². The minimum absolute atomic E-state index is 0.215. The number of nitrogens with zero attached hydrogens (tertiary/aromatic N) is 4. The van der Waals surface area contributed by atoms with Crippen LogP contribution < -0.4 is 16.8 Å². The van der Waals surface area contributed by atoms with Crippen molar-refractivity contribution >= 4 is 34.4 Å². The minimum atomic E-state index is -0.806. The molecule has 0 spiro atoms. The first-order valence-electron chi connectivity index (χ1n) is 7.50. The van der Waals surface area contributed by atoms with Crippen molar-refractivity contribution in [2.24, 2.45) is 5.92 Å². The summed E-state index contributed by atoms with van der Waals surface area (Å²) in [5.74, 6) is -1.58. The molecule has 2 heterocycles. The molecule has 0 aliphatic carbocycles. The van der Waals surface area contributed by atoms with E-state index < -0.39 is 11.7 Å². The second-order valence-corrected chi connectivity index (χ2v) is 5.77. The van der Waals surface area contributed by atoms with Crippen LogP contribution in [0.4, 0.5) is 11.5 Å². The number of rotatable bonds is 4. The van der Waals surface area contributed by atoms with Gasteiger partial charge in [-0.1, -0.05) is 19.1 Å². The number of nitrogens with two attached hydrogens (primary N) is 1. The number of hydrogen-bond acceptors (Lipinski definition) is 7. The lowest BCUT2D eigenvalue weighted by Gasteiger charge is -2.03. The Balaban J connectivity index is 1.83. The molecule has 10 nitrogen and oxygen atoms in total. The first-order valence-corrected chi connectivity index (χ1v) is 7.50. The van der Waals surface area contributed by atoms with Crippen molar-refractivity contribution in [2.75, 3.05) is 11.1 Å². The van der Waals surface area contributed by atoms with Gasteiger partial charge in [-0.05, 0) is 18.2 Å². The molecule has 0 atom stereocenters. The van der Waals surface area contributed by atoms with E-state index in [0.29, 0.717) is 5.69 Å². The molecule has 0 aliphatic rings. The molecule has 130 valence electrons. The zero-order valence-corrected chi connectivity index (χ0v) is 13.6. The van der Waals surface area contributed by atoms with Gasteiger partial charge in [-0.3, -0.25) is 9.59 Å². The standard InChI is InChI=1S/C15H16N6O4/c1-8(2)14(23)17-12-6-20(19-18-12)7-13(22)21-10-5-9(16)3-4-11(10)25-15(21)24/h3-6,8H,7,16H2,1-2H3,(H,17,23). The monoisotopic (exact) mass is 344 g/mol. The first kappa shape index (κ1) is 16.4. The average Bonchev–Trinajstić information content (AvgIpc) is 3.10. The van der Waals surface area contributed by atoms with E-state index in [4.69, 9.17) is 10.2 Å². The van der Waals surface area contributed by atoms with Gasteiger partial charge in [-0.25, -0.2) is 14.0 Å². The van der Waals surface area contributed by atoms with Gasteiger partial charge in [0.15, 0.2) is 11.4 Å². The van der Waals surface area contributed by atoms with Crippen molar-refractivity contribution in [1.29, 1.82) is 0 Å². The Morgan fingerprint density at radius 1 is 1.36 bits per heavy atom. The molecule has 0 fully saturated rings. The number of benzene rings is 1. The highest BCUT2D eigenvalue weighted by molar-refractivity contribution is 5.91. The van der Waals surface area contributed by atoms with Gasteiger partial charge in [0.2, 0.25) is 5.91 Å². The van der Waals surface area contributed by atoms with Crippen molar-refractivity contribution in [3.05, 3.63) is 34.9 Å². The largest absolute Gasteiger partial charge is 0.426 e. The summed E-state index contributed by atoms with van der Waals surface area (Å²) in [6.45, 7) is 3.23. The Hall–Kier alpha value is -3.43. The zero-order valence-electron chi connectivity index (χ0n) is 13.6. The number of fused-ring (bicyclic) bond motifs is 1. The fraction of sp³-hybridized carbons (Fsp3) is 0.267. The summed E-state index contributed by atoms with van der Waals surface area (Å²) in [5, 5.41) is 10.1. The predicted octanol–water partition coefficient (Wildman–Crippen LogP) is 0.703. The highest BCUT2D eigenvalue weighted by Gasteiger charge is 2.18. The van der Waals surface area contributed by atoms with E-state index in [0.717, 1.165) is 4.57 Å². The summed E-state index contributed by atoms with van der Waals surface area (Å²) in [4.78, 5) is 36.0. The number of amides is 1. The topological polar surface area (TPSA) is 138 Å². The van der Waals surface area contributed by atoms with Gasteiger partial charge in [-0.2, -0.15) is 0 Å². The molecule has 3 aromatic rings. The predicted molar refractivity (Wildman–Crippen MR) is 89.0 cm³/mol. The average molecular weight is 344 g/mol. The number of nitrogen functional groups attached to an aromatic ring is 1. The summed E-state index contributed by atoms with van der Waals surface area (Å²) in [6.07, 6.45) is 1.40. The van der Waals surface area contributed by atoms with Crippen LogP contribution in [0.3, 0.4) is 0 Å². The molecule has 0 radical (unpaired) electrons. The van der Waals surface area contributed by atoms with Crippen molar-refractivity contribution in [2.45, 2.75) is 20.4 Å². The first-order chi connectivity index (χ1) is 11.8. The van der Waals surface area contributed by atoms with Crippen molar-refractivity contribution in [3.8, 4) is 0 Å². The number of hydrogen-bond donors (Lipinski definition) is 2. The molecule has 25 heavy (non-hydrogen) atoms. The maximum atomic E-state index is 12.4. The number of anilines is 2. The fourth-order valence-corrected chi connectivity index (χ4v) is 2.18. The summed E-state index contributed by atoms with van der Waals surface area (Å²) < 4.78 is 7.13. The molecular weight excluding hydrogens is 328 g/mol.